The molecule has 114 valence electrons. The first-order chi connectivity index (χ1) is 9.78. The van der Waals surface area contributed by atoms with E-state index in [4.69, 9.17) is 0 Å². The highest BCUT2D eigenvalue weighted by Crippen LogP contribution is 2.10. The first-order valence-electron chi connectivity index (χ1n) is 8.35. The lowest BCUT2D eigenvalue weighted by molar-refractivity contribution is 0.199. The van der Waals surface area contributed by atoms with Gasteiger partial charge in [-0.2, -0.15) is 0 Å². The van der Waals surface area contributed by atoms with Gasteiger partial charge in [0, 0.05) is 32.0 Å². The van der Waals surface area contributed by atoms with Crippen LogP contribution in [0.2, 0.25) is 0 Å². The van der Waals surface area contributed by atoms with Crippen LogP contribution in [0.15, 0.2) is 18.5 Å². The van der Waals surface area contributed by atoms with Crippen LogP contribution in [0.3, 0.4) is 0 Å². The number of hydrogen-bond donors (Lipinski definition) is 1. The van der Waals surface area contributed by atoms with Crippen molar-refractivity contribution in [1.29, 1.82) is 0 Å². The zero-order valence-electron chi connectivity index (χ0n) is 13.3. The van der Waals surface area contributed by atoms with Gasteiger partial charge in [0.25, 0.3) is 0 Å². The van der Waals surface area contributed by atoms with Crippen molar-refractivity contribution in [2.45, 2.75) is 52.6 Å². The molecule has 1 atom stereocenters. The molecule has 0 saturated carbocycles. The van der Waals surface area contributed by atoms with Gasteiger partial charge in [0.2, 0.25) is 0 Å². The van der Waals surface area contributed by atoms with E-state index in [-0.39, 0.29) is 0 Å². The molecule has 0 spiro atoms. The molecule has 1 fully saturated rings. The lowest BCUT2D eigenvalue weighted by Crippen LogP contribution is -2.36. The van der Waals surface area contributed by atoms with Crippen molar-refractivity contribution >= 4 is 0 Å². The summed E-state index contributed by atoms with van der Waals surface area (Å²) in [6, 6.07) is 2.23. The Hall–Kier alpha value is -0.800. The molecule has 1 N–H and O–H groups in total. The van der Waals surface area contributed by atoms with Crippen LogP contribution in [0, 0.1) is 5.92 Å². The Morgan fingerprint density at radius 3 is 2.80 bits per heavy atom. The van der Waals surface area contributed by atoms with Crippen LogP contribution < -0.4 is 5.32 Å². The maximum atomic E-state index is 3.61. The van der Waals surface area contributed by atoms with Crippen molar-refractivity contribution in [2.75, 3.05) is 26.2 Å². The van der Waals surface area contributed by atoms with E-state index in [0.717, 1.165) is 25.6 Å². The maximum Gasteiger partial charge on any atom is 0.0220 e. The third-order valence-corrected chi connectivity index (χ3v) is 4.13. The van der Waals surface area contributed by atoms with Crippen molar-refractivity contribution in [3.8, 4) is 0 Å². The number of nitrogens with zero attached hydrogens (tertiary/aromatic N) is 2. The van der Waals surface area contributed by atoms with Gasteiger partial charge in [-0.05, 0) is 56.4 Å². The Morgan fingerprint density at radius 1 is 1.25 bits per heavy atom. The predicted octanol–water partition coefficient (Wildman–Crippen LogP) is 3.11. The zero-order chi connectivity index (χ0) is 14.2. The number of aryl methyl sites for hydroxylation is 1. The molecule has 0 bridgehead atoms. The maximum absolute atomic E-state index is 3.61. The van der Waals surface area contributed by atoms with Crippen LogP contribution in [-0.2, 0) is 13.1 Å². The lowest BCUT2D eigenvalue weighted by atomic mass is 10.1. The van der Waals surface area contributed by atoms with Gasteiger partial charge in [-0.1, -0.05) is 20.3 Å². The van der Waals surface area contributed by atoms with Crippen molar-refractivity contribution in [3.05, 3.63) is 24.0 Å². The molecule has 0 radical (unpaired) electrons. The molecule has 0 amide bonds. The minimum Gasteiger partial charge on any atom is -0.354 e. The van der Waals surface area contributed by atoms with Crippen LogP contribution in [0.5, 0.6) is 0 Å². The van der Waals surface area contributed by atoms with E-state index in [1.54, 1.807) is 0 Å². The van der Waals surface area contributed by atoms with E-state index in [1.807, 2.05) is 0 Å². The molecular formula is C17H31N3. The molecule has 1 aromatic heterocycles. The van der Waals surface area contributed by atoms with Crippen molar-refractivity contribution in [2.24, 2.45) is 5.92 Å². The molecule has 1 unspecified atom stereocenters. The number of likely N-dealkylation sites (tertiary alicyclic amines) is 1. The standard InChI is InChI=1S/C17H31N3/c1-3-8-19-11-7-17(15-19)13-18-12-16(2)14-20-9-5-4-6-10-20/h7,11,15-16,18H,3-6,8-10,12-14H2,1-2H3. The Bertz CT molecular complexity index is 366. The number of nitrogens with one attached hydrogen (secondary N) is 1. The van der Waals surface area contributed by atoms with E-state index in [1.165, 1.54) is 50.9 Å². The highest BCUT2D eigenvalue weighted by molar-refractivity contribution is 5.09. The van der Waals surface area contributed by atoms with E-state index >= 15 is 0 Å². The summed E-state index contributed by atoms with van der Waals surface area (Å²) in [6.45, 7) is 11.7. The molecule has 2 rings (SSSR count). The first kappa shape index (κ1) is 15.6. The first-order valence-corrected chi connectivity index (χ1v) is 8.35. The van der Waals surface area contributed by atoms with E-state index in [9.17, 15) is 0 Å². The van der Waals surface area contributed by atoms with Gasteiger partial charge in [-0.3, -0.25) is 0 Å². The molecule has 1 aromatic rings. The second-order valence-electron chi connectivity index (χ2n) is 6.35. The summed E-state index contributed by atoms with van der Waals surface area (Å²) in [5.41, 5.74) is 1.41. The molecule has 0 aromatic carbocycles. The summed E-state index contributed by atoms with van der Waals surface area (Å²) >= 11 is 0. The normalized spacial score (nSPS) is 18.3. The predicted molar refractivity (Wildman–Crippen MR) is 85.9 cm³/mol. The topological polar surface area (TPSA) is 20.2 Å². The van der Waals surface area contributed by atoms with Gasteiger partial charge in [-0.25, -0.2) is 0 Å². The van der Waals surface area contributed by atoms with Gasteiger partial charge < -0.3 is 14.8 Å². The summed E-state index contributed by atoms with van der Waals surface area (Å²) in [5.74, 6) is 0.742. The molecule has 1 aliphatic rings. The molecular weight excluding hydrogens is 246 g/mol. The van der Waals surface area contributed by atoms with Crippen LogP contribution in [-0.4, -0.2) is 35.6 Å². The Morgan fingerprint density at radius 2 is 2.05 bits per heavy atom. The highest BCUT2D eigenvalue weighted by Gasteiger charge is 2.13. The fourth-order valence-electron chi connectivity index (χ4n) is 3.10. The minimum absolute atomic E-state index is 0.742. The minimum atomic E-state index is 0.742. The van der Waals surface area contributed by atoms with Gasteiger partial charge in [-0.15, -0.1) is 0 Å². The Balaban J connectivity index is 1.61. The van der Waals surface area contributed by atoms with Crippen molar-refractivity contribution in [3.63, 3.8) is 0 Å². The van der Waals surface area contributed by atoms with Crippen molar-refractivity contribution < 1.29 is 0 Å². The number of piperidine rings is 1. The zero-order valence-corrected chi connectivity index (χ0v) is 13.3. The van der Waals surface area contributed by atoms with E-state index in [2.05, 4.69) is 47.1 Å². The van der Waals surface area contributed by atoms with Gasteiger partial charge >= 0.3 is 0 Å². The molecule has 20 heavy (non-hydrogen) atoms. The van der Waals surface area contributed by atoms with Gasteiger partial charge in [0.1, 0.15) is 0 Å². The summed E-state index contributed by atoms with van der Waals surface area (Å²) in [5, 5.41) is 3.61. The van der Waals surface area contributed by atoms with E-state index < -0.39 is 0 Å². The number of aromatic nitrogens is 1. The highest BCUT2D eigenvalue weighted by atomic mass is 15.1. The Labute approximate surface area is 124 Å². The molecule has 2 heterocycles. The average Bonchev–Trinajstić information content (AvgIpc) is 2.88. The number of hydrogen-bond acceptors (Lipinski definition) is 2. The fourth-order valence-corrected chi connectivity index (χ4v) is 3.10. The average molecular weight is 277 g/mol. The Kier molecular flexibility index (Phi) is 6.61. The number of rotatable bonds is 8. The quantitative estimate of drug-likeness (QED) is 0.788. The van der Waals surface area contributed by atoms with Crippen LogP contribution >= 0.6 is 0 Å². The second kappa shape index (κ2) is 8.48. The largest absolute Gasteiger partial charge is 0.354 e. The third-order valence-electron chi connectivity index (χ3n) is 4.13. The molecule has 1 saturated heterocycles. The monoisotopic (exact) mass is 277 g/mol. The summed E-state index contributed by atoms with van der Waals surface area (Å²) in [7, 11) is 0. The van der Waals surface area contributed by atoms with Gasteiger partial charge in [0.15, 0.2) is 0 Å². The molecule has 0 aliphatic carbocycles. The van der Waals surface area contributed by atoms with Crippen LogP contribution in [0.1, 0.15) is 45.1 Å². The molecule has 3 heteroatoms. The fraction of sp³-hybridized carbons (Fsp3) is 0.765. The lowest BCUT2D eigenvalue weighted by Gasteiger charge is -2.29. The van der Waals surface area contributed by atoms with Crippen molar-refractivity contribution in [1.82, 2.24) is 14.8 Å². The molecule has 1 aliphatic heterocycles. The third kappa shape index (κ3) is 5.29. The summed E-state index contributed by atoms with van der Waals surface area (Å²) < 4.78 is 2.29. The van der Waals surface area contributed by atoms with Crippen LogP contribution in [0.4, 0.5) is 0 Å². The van der Waals surface area contributed by atoms with E-state index in [0.29, 0.717) is 0 Å². The second-order valence-corrected chi connectivity index (χ2v) is 6.35. The molecule has 3 nitrogen and oxygen atoms in total. The summed E-state index contributed by atoms with van der Waals surface area (Å²) in [4.78, 5) is 2.63. The summed E-state index contributed by atoms with van der Waals surface area (Å²) in [6.07, 6.45) is 9.88. The smallest absolute Gasteiger partial charge is 0.0220 e. The van der Waals surface area contributed by atoms with Crippen LogP contribution in [0.25, 0.3) is 0 Å². The van der Waals surface area contributed by atoms with Gasteiger partial charge in [0.05, 0.1) is 0 Å². The SMILES string of the molecule is CCCn1ccc(CNCC(C)CN2CCCCC2)c1.